The fraction of sp³-hybridized carbons (Fsp3) is 0.219. The van der Waals surface area contributed by atoms with Crippen LogP contribution < -0.4 is 9.47 Å². The molecule has 0 bridgehead atoms. The van der Waals surface area contributed by atoms with Crippen molar-refractivity contribution in [1.82, 2.24) is 9.97 Å². The standard InChI is InChI=1S/C32H32N2O5/c1-22(24-15-16-28(37-3)29(19-24)38-4)21-39-32(25-11-7-5-8-12-25,26-13-9-6-10-14-26)27(31(35)36)20-30-33-18-17-23(2)34-30/h5-19,27H,1,20-21H2,2-4H3,(H,35,36)/t27-/m1/s1. The minimum absolute atomic E-state index is 0.0533. The topological polar surface area (TPSA) is 90.8 Å². The second-order valence-corrected chi connectivity index (χ2v) is 9.14. The highest BCUT2D eigenvalue weighted by Gasteiger charge is 2.48. The highest BCUT2D eigenvalue weighted by molar-refractivity contribution is 5.74. The van der Waals surface area contributed by atoms with E-state index < -0.39 is 17.5 Å². The van der Waals surface area contributed by atoms with Crippen LogP contribution in [0.3, 0.4) is 0 Å². The number of methoxy groups -OCH3 is 2. The fourth-order valence-corrected chi connectivity index (χ4v) is 4.73. The van der Waals surface area contributed by atoms with Gasteiger partial charge in [-0.15, -0.1) is 0 Å². The molecule has 0 saturated heterocycles. The predicted octanol–water partition coefficient (Wildman–Crippen LogP) is 5.72. The zero-order chi connectivity index (χ0) is 27.8. The van der Waals surface area contributed by atoms with Crippen molar-refractivity contribution in [2.24, 2.45) is 5.92 Å². The highest BCUT2D eigenvalue weighted by atomic mass is 16.5. The summed E-state index contributed by atoms with van der Waals surface area (Å²) in [5.74, 6) is -0.483. The van der Waals surface area contributed by atoms with E-state index in [1.807, 2.05) is 79.7 Å². The van der Waals surface area contributed by atoms with Gasteiger partial charge in [0, 0.05) is 18.3 Å². The molecular weight excluding hydrogens is 492 g/mol. The molecule has 39 heavy (non-hydrogen) atoms. The van der Waals surface area contributed by atoms with Crippen molar-refractivity contribution in [3.63, 3.8) is 0 Å². The maximum Gasteiger partial charge on any atom is 0.310 e. The number of rotatable bonds is 12. The number of carboxylic acids is 1. The first kappa shape index (κ1) is 27.5. The van der Waals surface area contributed by atoms with E-state index >= 15 is 0 Å². The minimum atomic E-state index is -1.37. The second kappa shape index (κ2) is 12.4. The van der Waals surface area contributed by atoms with Gasteiger partial charge in [0.05, 0.1) is 20.8 Å². The average Bonchev–Trinajstić information content (AvgIpc) is 2.97. The first-order valence-corrected chi connectivity index (χ1v) is 12.6. The molecule has 3 aromatic carbocycles. The van der Waals surface area contributed by atoms with Crippen LogP contribution in [-0.4, -0.2) is 41.9 Å². The number of aliphatic carboxylic acids is 1. The SMILES string of the molecule is C=C(COC(c1ccccc1)(c1ccccc1)[C@H](Cc1nccc(C)n1)C(=O)O)c1ccc(OC)c(OC)c1. The molecule has 1 heterocycles. The third-order valence-corrected chi connectivity index (χ3v) is 6.69. The third kappa shape index (κ3) is 5.99. The maximum atomic E-state index is 13.1. The molecule has 4 rings (SSSR count). The van der Waals surface area contributed by atoms with Crippen LogP contribution in [0.5, 0.6) is 11.5 Å². The molecule has 0 unspecified atom stereocenters. The summed E-state index contributed by atoms with van der Waals surface area (Å²) in [6, 6.07) is 26.1. The van der Waals surface area contributed by atoms with Crippen molar-refractivity contribution in [3.05, 3.63) is 126 Å². The molecular formula is C32H32N2O5. The molecule has 0 spiro atoms. The van der Waals surface area contributed by atoms with Gasteiger partial charge in [0.1, 0.15) is 17.3 Å². The van der Waals surface area contributed by atoms with Crippen molar-refractivity contribution in [2.75, 3.05) is 20.8 Å². The Hall–Kier alpha value is -4.49. The molecule has 1 atom stereocenters. The van der Waals surface area contributed by atoms with E-state index in [1.165, 1.54) is 0 Å². The average molecular weight is 525 g/mol. The maximum absolute atomic E-state index is 13.1. The number of carboxylic acid groups (broad SMARTS) is 1. The largest absolute Gasteiger partial charge is 0.493 e. The van der Waals surface area contributed by atoms with Crippen LogP contribution in [0.25, 0.3) is 5.57 Å². The highest BCUT2D eigenvalue weighted by Crippen LogP contribution is 2.43. The van der Waals surface area contributed by atoms with E-state index in [0.717, 1.165) is 11.3 Å². The van der Waals surface area contributed by atoms with E-state index in [9.17, 15) is 9.90 Å². The Morgan fingerprint density at radius 1 is 0.923 bits per heavy atom. The van der Waals surface area contributed by atoms with Gasteiger partial charge in [-0.1, -0.05) is 73.3 Å². The van der Waals surface area contributed by atoms with Gasteiger partial charge in [0.15, 0.2) is 11.5 Å². The van der Waals surface area contributed by atoms with Gasteiger partial charge in [0.25, 0.3) is 0 Å². The van der Waals surface area contributed by atoms with E-state index in [-0.39, 0.29) is 13.0 Å². The number of nitrogens with zero attached hydrogens (tertiary/aromatic N) is 2. The lowest BCUT2D eigenvalue weighted by Crippen LogP contribution is -2.45. The summed E-state index contributed by atoms with van der Waals surface area (Å²) in [6.45, 7) is 6.16. The summed E-state index contributed by atoms with van der Waals surface area (Å²) in [5, 5.41) is 10.7. The molecule has 4 aromatic rings. The molecule has 7 nitrogen and oxygen atoms in total. The zero-order valence-electron chi connectivity index (χ0n) is 22.3. The summed E-state index contributed by atoms with van der Waals surface area (Å²) in [5.41, 5.74) is 2.24. The Morgan fingerprint density at radius 2 is 1.54 bits per heavy atom. The Balaban J connectivity index is 1.82. The van der Waals surface area contributed by atoms with E-state index in [1.54, 1.807) is 32.5 Å². The van der Waals surface area contributed by atoms with Gasteiger partial charge in [0.2, 0.25) is 0 Å². The van der Waals surface area contributed by atoms with Crippen LogP contribution in [-0.2, 0) is 21.6 Å². The van der Waals surface area contributed by atoms with Crippen molar-refractivity contribution >= 4 is 11.5 Å². The summed E-state index contributed by atoms with van der Waals surface area (Å²) < 4.78 is 17.6. The molecule has 0 aliphatic heterocycles. The van der Waals surface area contributed by atoms with E-state index in [2.05, 4.69) is 16.5 Å². The Kier molecular flexibility index (Phi) is 8.74. The van der Waals surface area contributed by atoms with Gasteiger partial charge in [-0.05, 0) is 47.4 Å². The molecule has 7 heteroatoms. The smallest absolute Gasteiger partial charge is 0.310 e. The van der Waals surface area contributed by atoms with Gasteiger partial charge in [-0.3, -0.25) is 4.79 Å². The molecule has 0 amide bonds. The monoisotopic (exact) mass is 524 g/mol. The molecule has 1 aromatic heterocycles. The van der Waals surface area contributed by atoms with Crippen molar-refractivity contribution in [2.45, 2.75) is 18.9 Å². The molecule has 0 aliphatic rings. The van der Waals surface area contributed by atoms with Crippen LogP contribution in [0.1, 0.15) is 28.2 Å². The van der Waals surface area contributed by atoms with E-state index in [0.29, 0.717) is 34.0 Å². The molecule has 1 N–H and O–H groups in total. The van der Waals surface area contributed by atoms with Crippen LogP contribution >= 0.6 is 0 Å². The fourth-order valence-electron chi connectivity index (χ4n) is 4.73. The summed E-state index contributed by atoms with van der Waals surface area (Å²) >= 11 is 0. The van der Waals surface area contributed by atoms with Crippen molar-refractivity contribution in [1.29, 1.82) is 0 Å². The molecule has 0 aliphatic carbocycles. The lowest BCUT2D eigenvalue weighted by atomic mass is 9.74. The zero-order valence-corrected chi connectivity index (χ0v) is 22.3. The normalized spacial score (nSPS) is 12.0. The molecule has 200 valence electrons. The number of aryl methyl sites for hydroxylation is 1. The predicted molar refractivity (Wildman–Crippen MR) is 150 cm³/mol. The van der Waals surface area contributed by atoms with Crippen LogP contribution in [0.4, 0.5) is 0 Å². The summed E-state index contributed by atoms with van der Waals surface area (Å²) in [6.07, 6.45) is 1.70. The number of ether oxygens (including phenoxy) is 3. The lowest BCUT2D eigenvalue weighted by molar-refractivity contribution is -0.154. The van der Waals surface area contributed by atoms with Gasteiger partial charge in [-0.25, -0.2) is 9.97 Å². The number of benzene rings is 3. The third-order valence-electron chi connectivity index (χ3n) is 6.69. The van der Waals surface area contributed by atoms with Gasteiger partial charge >= 0.3 is 5.97 Å². The van der Waals surface area contributed by atoms with E-state index in [4.69, 9.17) is 14.2 Å². The Labute approximate surface area is 228 Å². The minimum Gasteiger partial charge on any atom is -0.493 e. The van der Waals surface area contributed by atoms with Gasteiger partial charge < -0.3 is 19.3 Å². The van der Waals surface area contributed by atoms with Gasteiger partial charge in [-0.2, -0.15) is 0 Å². The molecule has 0 radical (unpaired) electrons. The second-order valence-electron chi connectivity index (χ2n) is 9.14. The van der Waals surface area contributed by atoms with Crippen LogP contribution in [0.2, 0.25) is 0 Å². The Bertz CT molecular complexity index is 1380. The first-order chi connectivity index (χ1) is 18.9. The van der Waals surface area contributed by atoms with Crippen molar-refractivity contribution < 1.29 is 24.1 Å². The summed E-state index contributed by atoms with van der Waals surface area (Å²) in [4.78, 5) is 21.9. The number of aromatic nitrogens is 2. The quantitative estimate of drug-likeness (QED) is 0.253. The first-order valence-electron chi connectivity index (χ1n) is 12.6. The van der Waals surface area contributed by atoms with Crippen LogP contribution in [0, 0.1) is 12.8 Å². The molecule has 0 fully saturated rings. The molecule has 0 saturated carbocycles. The summed E-state index contributed by atoms with van der Waals surface area (Å²) in [7, 11) is 3.15. The van der Waals surface area contributed by atoms with Crippen LogP contribution in [0.15, 0.2) is 97.7 Å². The Morgan fingerprint density at radius 3 is 2.08 bits per heavy atom. The van der Waals surface area contributed by atoms with Crippen molar-refractivity contribution in [3.8, 4) is 11.5 Å². The number of carbonyl (C=O) groups is 1. The lowest BCUT2D eigenvalue weighted by Gasteiger charge is -2.40. The number of hydrogen-bond donors (Lipinski definition) is 1. The number of hydrogen-bond acceptors (Lipinski definition) is 6.